The Morgan fingerprint density at radius 2 is 0.862 bits per heavy atom. The third-order valence-corrected chi connectivity index (χ3v) is 24.5. The van der Waals surface area contributed by atoms with Crippen molar-refractivity contribution in [1.29, 1.82) is 0 Å². The van der Waals surface area contributed by atoms with Gasteiger partial charge in [-0.1, -0.05) is 162 Å². The largest absolute Gasteiger partial charge is 0.480 e. The molecule has 17 rings (SSSR count). The van der Waals surface area contributed by atoms with Crippen LogP contribution in [0.5, 0.6) is 23.0 Å². The standard InChI is InChI=1S/C48H45ClN4O14S.C30H25NO9.C18H22ClN3O6S.CH4/c1-25-50-36(37(49)68-25)35(51-67-46(18-19-46)42(59)65-44(2,3)4)32(54)20-26-24-61-53(38(26)55)47(43(60)66-45(5,6)7)23-31(41(58)64-47)52-39(56)29-21-33-34(22-30(29)40(52)57)63-48(62-33,27-14-10-8-11-15-27)28-16-12-9-13-17-28;1-29(2,3)40-28(37)22(32)16-21(27(35)36)31-25(33)19-14-23-24(15-20(19)26(31)34)39-30(38-23,17-10-6-4-7-11-17)18-12-8-5-9-13-18;1-9-20-13(14(19)29-9)12(11(23)7-10-8-26-22-15(10)24)21-28-18(5-6-18)16(25)27-17(2,3)4;/h8-17,21-22,26,31H,18-20,23-24H2,1-7H3;4-15,21H,16H2,1-3H3,(H,35,36);10H,5-8H2,1-4H3,(H,22,24);1H4/b51-35+;;21-12+;/t26-,31-,47?;21-;10-;/m000./s1. The fourth-order valence-corrected chi connectivity index (χ4v) is 17.6. The molecule has 6 aromatic carbocycles. The number of fused-ring (bicyclic) bond motifs is 4. The van der Waals surface area contributed by atoms with Crippen molar-refractivity contribution in [3.63, 3.8) is 0 Å². The number of ketones is 3. The fourth-order valence-electron chi connectivity index (χ4n) is 15.4. The van der Waals surface area contributed by atoms with Crippen LogP contribution in [0.15, 0.2) is 156 Å². The molecule has 7 aliphatic heterocycles. The first-order valence-corrected chi connectivity index (χ1v) is 45.6. The van der Waals surface area contributed by atoms with Crippen LogP contribution in [0.1, 0.15) is 227 Å². The zero-order chi connectivity index (χ0) is 98.9. The lowest BCUT2D eigenvalue weighted by Crippen LogP contribution is -2.57. The molecular formula is C97H96Cl2N8O29S2. The van der Waals surface area contributed by atoms with E-state index in [9.17, 15) is 77.0 Å². The van der Waals surface area contributed by atoms with Crippen molar-refractivity contribution in [3.05, 3.63) is 220 Å². The number of Topliss-reactive ketones (excluding diaryl/α,β-unsaturated/α-hetero) is 3. The Hall–Kier alpha value is -13.7. The first kappa shape index (κ1) is 100. The van der Waals surface area contributed by atoms with E-state index >= 15 is 0 Å². The molecule has 724 valence electrons. The molecule has 6 amide bonds. The molecule has 8 aromatic rings. The van der Waals surface area contributed by atoms with Gasteiger partial charge in [0.1, 0.15) is 54.5 Å². The van der Waals surface area contributed by atoms with Gasteiger partial charge in [0.15, 0.2) is 46.0 Å². The van der Waals surface area contributed by atoms with E-state index in [4.69, 9.17) is 85.2 Å². The molecule has 41 heteroatoms. The van der Waals surface area contributed by atoms with Gasteiger partial charge in [0, 0.05) is 67.2 Å². The van der Waals surface area contributed by atoms with E-state index in [-0.39, 0.29) is 116 Å². The molecule has 1 unspecified atom stereocenters. The molecule has 5 atom stereocenters. The zero-order valence-electron chi connectivity index (χ0n) is 76.3. The number of nitrogens with one attached hydrogen (secondary N) is 1. The van der Waals surface area contributed by atoms with Gasteiger partial charge in [-0.3, -0.25) is 62.6 Å². The number of aliphatic carboxylic acids is 1. The Labute approximate surface area is 807 Å². The molecule has 5 fully saturated rings. The number of hydrogen-bond donors (Lipinski definition) is 2. The van der Waals surface area contributed by atoms with Crippen LogP contribution in [0, 0.1) is 25.7 Å². The van der Waals surface area contributed by atoms with Crippen molar-refractivity contribution in [2.45, 2.75) is 219 Å². The number of oxime groups is 2. The van der Waals surface area contributed by atoms with Crippen LogP contribution in [0.25, 0.3) is 0 Å². The van der Waals surface area contributed by atoms with Crippen LogP contribution in [-0.4, -0.2) is 195 Å². The summed E-state index contributed by atoms with van der Waals surface area (Å²) < 4.78 is 53.3. The normalized spacial score (nSPS) is 20.1. The number of benzene rings is 6. The van der Waals surface area contributed by atoms with E-state index in [0.717, 1.165) is 11.3 Å². The minimum Gasteiger partial charge on any atom is -0.480 e. The summed E-state index contributed by atoms with van der Waals surface area (Å²) >= 11 is 15.0. The lowest BCUT2D eigenvalue weighted by Gasteiger charge is -2.35. The maximum Gasteiger partial charge on any atom is 0.375 e. The van der Waals surface area contributed by atoms with Crippen LogP contribution < -0.4 is 24.4 Å². The zero-order valence-corrected chi connectivity index (χ0v) is 79.5. The van der Waals surface area contributed by atoms with Gasteiger partial charge in [0.25, 0.3) is 29.5 Å². The molecule has 138 heavy (non-hydrogen) atoms. The number of hydroxylamine groups is 3. The Bertz CT molecular complexity index is 6200. The minimum atomic E-state index is -2.67. The Morgan fingerprint density at radius 1 is 0.500 bits per heavy atom. The number of carbonyl (C=O) groups excluding carboxylic acids is 14. The molecule has 0 radical (unpaired) electrons. The van der Waals surface area contributed by atoms with Gasteiger partial charge in [-0.15, -0.1) is 22.7 Å². The highest BCUT2D eigenvalue weighted by atomic mass is 35.5. The van der Waals surface area contributed by atoms with Gasteiger partial charge in [0.2, 0.25) is 22.9 Å². The predicted molar refractivity (Wildman–Crippen MR) is 488 cm³/mol. The summed E-state index contributed by atoms with van der Waals surface area (Å²) in [6, 6.07) is 38.2. The number of carbonyl (C=O) groups is 15. The molecule has 2 aromatic heterocycles. The molecule has 3 saturated heterocycles. The number of rotatable bonds is 26. The predicted octanol–water partition coefficient (Wildman–Crippen LogP) is 13.1. The molecule has 9 aliphatic rings. The summed E-state index contributed by atoms with van der Waals surface area (Å²) in [5.74, 6) is -18.2. The van der Waals surface area contributed by atoms with E-state index < -0.39 is 183 Å². The maximum atomic E-state index is 14.4. The molecular weight excluding hydrogens is 1880 g/mol. The molecule has 0 bridgehead atoms. The SMILES string of the molecule is C.CC(C)(C)OC(=O)C(=O)C[C@@H](C(=O)O)N1C(=O)c2cc3c(cc2C1=O)OC(c1ccccc1)(c1ccccc1)O3.Cc1nc(/C(=N/OC2(C(=O)OC(C)(C)C)CC2)C(=O)C[C@H]2CON(C3(C(=O)OC(C)(C)C)C[C@H](N4C(=O)c5cc6c(cc5C4=O)OC(c4ccccc4)(c4ccccc4)O6)C(=O)O3)C2=O)c(Cl)s1.Cc1nc(/C(=N/OC2(C(=O)OC(C)(C)C)CC2)C(=O)C[C@H]2CONC2=O)c(Cl)s1. The highest BCUT2D eigenvalue weighted by Gasteiger charge is 2.67. The number of carboxylic acids is 1. The number of aryl methyl sites for hydroxylation is 2. The van der Waals surface area contributed by atoms with Crippen LogP contribution in [0.3, 0.4) is 0 Å². The number of esters is 5. The summed E-state index contributed by atoms with van der Waals surface area (Å²) in [4.78, 5) is 231. The number of amides is 6. The molecule has 0 spiro atoms. The highest BCUT2D eigenvalue weighted by molar-refractivity contribution is 7.16. The van der Waals surface area contributed by atoms with Crippen molar-refractivity contribution < 1.29 is 139 Å². The summed E-state index contributed by atoms with van der Waals surface area (Å²) in [5.41, 5.74) is -5.04. The fraction of sp³-hybridized carbons (Fsp3) is 0.392. The maximum absolute atomic E-state index is 14.4. The number of halogens is 2. The van der Waals surface area contributed by atoms with Gasteiger partial charge < -0.3 is 57.4 Å². The summed E-state index contributed by atoms with van der Waals surface area (Å²) in [7, 11) is 0. The summed E-state index contributed by atoms with van der Waals surface area (Å²) in [6.07, 6.45) is -1.10. The summed E-state index contributed by atoms with van der Waals surface area (Å²) in [5, 5.41) is 19.5. The van der Waals surface area contributed by atoms with E-state index in [0.29, 0.717) is 60.0 Å². The van der Waals surface area contributed by atoms with Gasteiger partial charge in [-0.25, -0.2) is 44.2 Å². The van der Waals surface area contributed by atoms with Crippen molar-refractivity contribution >= 4 is 146 Å². The van der Waals surface area contributed by atoms with Crippen molar-refractivity contribution in [2.75, 3.05) is 13.2 Å². The number of thiazole rings is 2. The Kier molecular flexibility index (Phi) is 27.6. The second kappa shape index (κ2) is 38.0. The van der Waals surface area contributed by atoms with E-state index in [1.54, 1.807) is 96.9 Å². The van der Waals surface area contributed by atoms with Crippen LogP contribution in [0.2, 0.25) is 8.67 Å². The monoisotopic (exact) mass is 1970 g/mol. The molecule has 2 N–H and O–H groups in total. The van der Waals surface area contributed by atoms with E-state index in [2.05, 4.69) is 25.8 Å². The lowest BCUT2D eigenvalue weighted by atomic mass is 9.97. The molecule has 2 saturated carbocycles. The minimum absolute atomic E-state index is 0. The number of cyclic esters (lactones) is 1. The van der Waals surface area contributed by atoms with Crippen LogP contribution >= 0.6 is 45.9 Å². The van der Waals surface area contributed by atoms with Gasteiger partial charge >= 0.3 is 53.1 Å². The summed E-state index contributed by atoms with van der Waals surface area (Å²) in [6.45, 7) is 22.6. The quantitative estimate of drug-likeness (QED) is 0.0127. The van der Waals surface area contributed by atoms with E-state index in [1.807, 2.05) is 121 Å². The topological polar surface area (TPSA) is 469 Å². The van der Waals surface area contributed by atoms with Crippen LogP contribution in [0.4, 0.5) is 0 Å². The number of ether oxygens (including phenoxy) is 9. The Balaban J connectivity index is 0.000000183. The second-order valence-electron chi connectivity index (χ2n) is 37.3. The van der Waals surface area contributed by atoms with Crippen molar-refractivity contribution in [3.8, 4) is 23.0 Å². The molecule has 9 heterocycles. The lowest BCUT2D eigenvalue weighted by molar-refractivity contribution is -0.263. The smallest absolute Gasteiger partial charge is 0.375 e. The van der Waals surface area contributed by atoms with Crippen LogP contribution in [-0.2, 0) is 107 Å². The van der Waals surface area contributed by atoms with Gasteiger partial charge in [0.05, 0.1) is 63.7 Å². The molecule has 2 aliphatic carbocycles. The first-order valence-electron chi connectivity index (χ1n) is 43.2. The second-order valence-corrected chi connectivity index (χ2v) is 40.9. The third kappa shape index (κ3) is 20.3. The third-order valence-electron chi connectivity index (χ3n) is 22.1. The average molecular weight is 1970 g/mol. The highest BCUT2D eigenvalue weighted by Crippen LogP contribution is 2.54. The van der Waals surface area contributed by atoms with Gasteiger partial charge in [-0.2, -0.15) is 5.06 Å². The first-order chi connectivity index (χ1) is 64.5. The number of nitrogens with zero attached hydrogens (tertiary/aromatic N) is 7. The Morgan fingerprint density at radius 3 is 1.20 bits per heavy atom. The number of carboxylic acid groups (broad SMARTS) is 1. The van der Waals surface area contributed by atoms with Crippen molar-refractivity contribution in [2.24, 2.45) is 22.1 Å². The number of imide groups is 2. The number of aromatic nitrogens is 2. The van der Waals surface area contributed by atoms with Crippen molar-refractivity contribution in [1.82, 2.24) is 30.3 Å². The molecule has 37 nitrogen and oxygen atoms in total. The average Bonchev–Trinajstić information content (AvgIpc) is 1.51. The van der Waals surface area contributed by atoms with E-state index in [1.165, 1.54) is 35.6 Å². The van der Waals surface area contributed by atoms with Gasteiger partial charge in [-0.05, 0) is 121 Å². The number of hydrogen-bond acceptors (Lipinski definition) is 34.